The van der Waals surface area contributed by atoms with Gasteiger partial charge in [0.2, 0.25) is 0 Å². The van der Waals surface area contributed by atoms with E-state index in [4.69, 9.17) is 9.47 Å². The lowest BCUT2D eigenvalue weighted by Crippen LogP contribution is -2.49. The van der Waals surface area contributed by atoms with Gasteiger partial charge in [-0.15, -0.1) is 0 Å². The smallest absolute Gasteiger partial charge is 0.409 e. The quantitative estimate of drug-likeness (QED) is 0.663. The van der Waals surface area contributed by atoms with Gasteiger partial charge in [-0.25, -0.2) is 4.79 Å². The third-order valence-corrected chi connectivity index (χ3v) is 5.84. The highest BCUT2D eigenvalue weighted by molar-refractivity contribution is 5.77. The van der Waals surface area contributed by atoms with Crippen LogP contribution in [0.15, 0.2) is 42.5 Å². The molecule has 0 bridgehead atoms. The molecule has 0 radical (unpaired) electrons. The molecule has 4 rings (SSSR count). The number of piperidine rings is 1. The van der Waals surface area contributed by atoms with Crippen LogP contribution in [0.25, 0.3) is 11.1 Å². The molecule has 5 nitrogen and oxygen atoms in total. The zero-order valence-corrected chi connectivity index (χ0v) is 17.9. The maximum absolute atomic E-state index is 12.4. The summed E-state index contributed by atoms with van der Waals surface area (Å²) in [5.41, 5.74) is 3.82. The molecule has 2 heterocycles. The number of aldehydes is 1. The zero-order chi connectivity index (χ0) is 21.4. The summed E-state index contributed by atoms with van der Waals surface area (Å²) in [5, 5.41) is 0. The second-order valence-electron chi connectivity index (χ2n) is 9.63. The number of nitrogens with zero attached hydrogens (tertiary/aromatic N) is 1. The number of amides is 1. The Morgan fingerprint density at radius 3 is 2.40 bits per heavy atom. The van der Waals surface area contributed by atoms with E-state index in [1.807, 2.05) is 30.3 Å². The number of carbonyl (C=O) groups is 2. The Kier molecular flexibility index (Phi) is 5.31. The van der Waals surface area contributed by atoms with Crippen LogP contribution in [-0.4, -0.2) is 42.6 Å². The van der Waals surface area contributed by atoms with Gasteiger partial charge in [-0.2, -0.15) is 0 Å². The van der Waals surface area contributed by atoms with Gasteiger partial charge in [0, 0.05) is 37.9 Å². The first kappa shape index (κ1) is 20.5. The molecule has 2 aliphatic rings. The van der Waals surface area contributed by atoms with E-state index in [0.717, 1.165) is 42.4 Å². The fraction of sp³-hybridized carbons (Fsp3) is 0.440. The topological polar surface area (TPSA) is 55.8 Å². The number of hydrogen-bond donors (Lipinski definition) is 0. The summed E-state index contributed by atoms with van der Waals surface area (Å²) < 4.78 is 11.8. The van der Waals surface area contributed by atoms with Gasteiger partial charge in [-0.05, 0) is 34.2 Å². The first-order valence-electron chi connectivity index (χ1n) is 10.6. The lowest BCUT2D eigenvalue weighted by Gasteiger charge is -2.38. The van der Waals surface area contributed by atoms with E-state index < -0.39 is 0 Å². The second kappa shape index (κ2) is 7.78. The fourth-order valence-corrected chi connectivity index (χ4v) is 4.11. The Labute approximate surface area is 178 Å². The van der Waals surface area contributed by atoms with Crippen molar-refractivity contribution in [3.05, 3.63) is 53.6 Å². The Balaban J connectivity index is 1.40. The molecule has 1 fully saturated rings. The van der Waals surface area contributed by atoms with Crippen LogP contribution in [0.3, 0.4) is 0 Å². The van der Waals surface area contributed by atoms with Gasteiger partial charge in [0.1, 0.15) is 17.6 Å². The Morgan fingerprint density at radius 1 is 1.10 bits per heavy atom. The number of hydrogen-bond acceptors (Lipinski definition) is 4. The minimum atomic E-state index is -0.233. The molecular weight excluding hydrogens is 378 g/mol. The Morgan fingerprint density at radius 2 is 1.77 bits per heavy atom. The van der Waals surface area contributed by atoms with Crippen molar-refractivity contribution in [2.75, 3.05) is 19.7 Å². The third-order valence-electron chi connectivity index (χ3n) is 5.84. The van der Waals surface area contributed by atoms with Crippen LogP contribution in [0.2, 0.25) is 0 Å². The highest BCUT2D eigenvalue weighted by Gasteiger charge is 2.43. The van der Waals surface area contributed by atoms with E-state index in [-0.39, 0.29) is 17.1 Å². The van der Waals surface area contributed by atoms with Crippen LogP contribution in [-0.2, 0) is 11.2 Å². The minimum Gasteiger partial charge on any atom is -0.487 e. The first-order chi connectivity index (χ1) is 14.3. The van der Waals surface area contributed by atoms with Crippen LogP contribution in [0.4, 0.5) is 4.79 Å². The molecule has 2 aromatic carbocycles. The van der Waals surface area contributed by atoms with Gasteiger partial charge < -0.3 is 14.4 Å². The number of benzene rings is 2. The summed E-state index contributed by atoms with van der Waals surface area (Å²) in [6, 6.07) is 13.9. The number of ether oxygens (including phenoxy) is 2. The number of fused-ring (bicyclic) bond motifs is 1. The molecule has 1 amide bonds. The molecule has 0 atom stereocenters. The molecule has 5 heteroatoms. The van der Waals surface area contributed by atoms with Crippen LogP contribution in [0, 0.1) is 5.41 Å². The molecule has 2 aliphatic heterocycles. The van der Waals surface area contributed by atoms with Gasteiger partial charge in [0.15, 0.2) is 0 Å². The predicted octanol–water partition coefficient (Wildman–Crippen LogP) is 5.12. The van der Waals surface area contributed by atoms with Gasteiger partial charge in [-0.3, -0.25) is 4.79 Å². The van der Waals surface area contributed by atoms with Crippen LogP contribution in [0.5, 0.6) is 5.75 Å². The van der Waals surface area contributed by atoms with Crippen molar-refractivity contribution in [2.24, 2.45) is 5.41 Å². The van der Waals surface area contributed by atoms with Crippen molar-refractivity contribution in [3.8, 4) is 16.9 Å². The van der Waals surface area contributed by atoms with Crippen molar-refractivity contribution < 1.29 is 19.1 Å². The molecule has 0 saturated carbocycles. The first-order valence-corrected chi connectivity index (χ1v) is 10.6. The molecule has 0 aromatic heterocycles. The zero-order valence-electron chi connectivity index (χ0n) is 17.9. The maximum Gasteiger partial charge on any atom is 0.409 e. The SMILES string of the molecule is CC(C)(C)COC(=O)N1CCC2(CC1)Cc1cc(-c3ccc(C=O)cc3)ccc1O2. The molecular formula is C25H29NO4. The average molecular weight is 408 g/mol. The summed E-state index contributed by atoms with van der Waals surface area (Å²) in [6.07, 6.45) is 3.09. The molecule has 30 heavy (non-hydrogen) atoms. The third kappa shape index (κ3) is 4.35. The van der Waals surface area contributed by atoms with Gasteiger partial charge in [-0.1, -0.05) is 51.1 Å². The van der Waals surface area contributed by atoms with Gasteiger partial charge >= 0.3 is 6.09 Å². The van der Waals surface area contributed by atoms with Crippen molar-refractivity contribution in [2.45, 2.75) is 45.6 Å². The lowest BCUT2D eigenvalue weighted by atomic mass is 9.86. The van der Waals surface area contributed by atoms with Crippen LogP contribution in [0.1, 0.15) is 49.5 Å². The Bertz CT molecular complexity index is 935. The van der Waals surface area contributed by atoms with Crippen LogP contribution < -0.4 is 4.74 Å². The summed E-state index contributed by atoms with van der Waals surface area (Å²) in [6.45, 7) is 7.89. The van der Waals surface area contributed by atoms with Gasteiger partial charge in [0.25, 0.3) is 0 Å². The van der Waals surface area contributed by atoms with E-state index in [9.17, 15) is 9.59 Å². The van der Waals surface area contributed by atoms with Crippen LogP contribution >= 0.6 is 0 Å². The molecule has 0 unspecified atom stereocenters. The monoisotopic (exact) mass is 407 g/mol. The van der Waals surface area contributed by atoms with E-state index in [1.54, 1.807) is 4.90 Å². The second-order valence-corrected chi connectivity index (χ2v) is 9.63. The lowest BCUT2D eigenvalue weighted by molar-refractivity contribution is 0.00956. The van der Waals surface area contributed by atoms with Crippen molar-refractivity contribution in [3.63, 3.8) is 0 Å². The summed E-state index contributed by atoms with van der Waals surface area (Å²) in [5.74, 6) is 0.937. The highest BCUT2D eigenvalue weighted by atomic mass is 16.6. The largest absolute Gasteiger partial charge is 0.487 e. The van der Waals surface area contributed by atoms with E-state index in [0.29, 0.717) is 25.3 Å². The average Bonchev–Trinajstić information content (AvgIpc) is 3.08. The molecule has 2 aromatic rings. The van der Waals surface area contributed by atoms with Crippen molar-refractivity contribution >= 4 is 12.4 Å². The number of carbonyl (C=O) groups excluding carboxylic acids is 2. The minimum absolute atomic E-state index is 0.0336. The maximum atomic E-state index is 12.4. The number of rotatable bonds is 3. The Hall–Kier alpha value is -2.82. The van der Waals surface area contributed by atoms with E-state index >= 15 is 0 Å². The molecule has 1 spiro atoms. The van der Waals surface area contributed by atoms with Crippen molar-refractivity contribution in [1.82, 2.24) is 4.90 Å². The molecule has 1 saturated heterocycles. The van der Waals surface area contributed by atoms with Gasteiger partial charge in [0.05, 0.1) is 6.61 Å². The molecule has 0 N–H and O–H groups in total. The van der Waals surface area contributed by atoms with E-state index in [1.165, 1.54) is 5.56 Å². The van der Waals surface area contributed by atoms with Crippen molar-refractivity contribution in [1.29, 1.82) is 0 Å². The summed E-state index contributed by atoms with van der Waals surface area (Å²) in [4.78, 5) is 25.0. The van der Waals surface area contributed by atoms with E-state index in [2.05, 4.69) is 32.9 Å². The highest BCUT2D eigenvalue weighted by Crippen LogP contribution is 2.42. The predicted molar refractivity (Wildman–Crippen MR) is 116 cm³/mol. The summed E-state index contributed by atoms with van der Waals surface area (Å²) >= 11 is 0. The number of likely N-dealkylation sites (tertiary alicyclic amines) is 1. The standard InChI is InChI=1S/C25H29NO4/c1-24(2,3)17-29-23(28)26-12-10-25(11-13-26)15-21-14-20(8-9-22(21)30-25)19-6-4-18(16-27)5-7-19/h4-9,14,16H,10-13,15,17H2,1-3H3. The molecule has 0 aliphatic carbocycles. The normalized spacial score (nSPS) is 17.4. The molecule has 158 valence electrons. The summed E-state index contributed by atoms with van der Waals surface area (Å²) in [7, 11) is 0. The fourth-order valence-electron chi connectivity index (χ4n) is 4.11.